The van der Waals surface area contributed by atoms with E-state index in [1.807, 2.05) is 12.3 Å². The Bertz CT molecular complexity index is 213. The molecule has 0 aliphatic carbocycles. The summed E-state index contributed by atoms with van der Waals surface area (Å²) in [5.74, 6) is 0. The Morgan fingerprint density at radius 2 is 2.00 bits per heavy atom. The Kier molecular flexibility index (Phi) is 3.04. The van der Waals surface area contributed by atoms with Crippen LogP contribution in [0.25, 0.3) is 0 Å². The van der Waals surface area contributed by atoms with Crippen molar-refractivity contribution in [1.82, 2.24) is 4.98 Å². The molecule has 0 atom stereocenters. The Labute approximate surface area is 73.5 Å². The summed E-state index contributed by atoms with van der Waals surface area (Å²) >= 11 is -1.74. The van der Waals surface area contributed by atoms with E-state index in [2.05, 4.69) is 30.6 Å². The van der Waals surface area contributed by atoms with Gasteiger partial charge in [-0.3, -0.25) is 0 Å². The number of rotatable bonds is 2. The van der Waals surface area contributed by atoms with E-state index in [9.17, 15) is 0 Å². The van der Waals surface area contributed by atoms with Gasteiger partial charge in [-0.15, -0.1) is 0 Å². The minimum absolute atomic E-state index is 1.27. The summed E-state index contributed by atoms with van der Waals surface area (Å²) in [7, 11) is 0. The second-order valence-corrected chi connectivity index (χ2v) is 25.3. The third-order valence-electron chi connectivity index (χ3n) is 1.44. The van der Waals surface area contributed by atoms with Gasteiger partial charge in [0.15, 0.2) is 0 Å². The molecule has 60 valence electrons. The van der Waals surface area contributed by atoms with Gasteiger partial charge in [-0.2, -0.15) is 0 Å². The summed E-state index contributed by atoms with van der Waals surface area (Å²) < 4.78 is 8.61. The molecule has 1 nitrogen and oxygen atoms in total. The van der Waals surface area contributed by atoms with E-state index < -0.39 is 21.2 Å². The van der Waals surface area contributed by atoms with Crippen LogP contribution in [0.3, 0.4) is 0 Å². The van der Waals surface area contributed by atoms with Crippen LogP contribution in [-0.4, -0.2) is 26.2 Å². The fourth-order valence-electron chi connectivity index (χ4n) is 1.05. The van der Waals surface area contributed by atoms with Gasteiger partial charge in [-0.05, 0) is 0 Å². The van der Waals surface area contributed by atoms with Crippen molar-refractivity contribution in [3.63, 3.8) is 0 Å². The van der Waals surface area contributed by atoms with Crippen molar-refractivity contribution in [3.05, 3.63) is 30.1 Å². The van der Waals surface area contributed by atoms with Crippen LogP contribution < -0.4 is 0 Å². The zero-order chi connectivity index (χ0) is 8.32. The van der Waals surface area contributed by atoms with Crippen molar-refractivity contribution in [3.8, 4) is 0 Å². The van der Waals surface area contributed by atoms with E-state index in [1.165, 1.54) is 9.67 Å². The van der Waals surface area contributed by atoms with Crippen molar-refractivity contribution in [2.24, 2.45) is 0 Å². The molecule has 0 N–H and O–H groups in total. The molecule has 0 aromatic carbocycles. The van der Waals surface area contributed by atoms with Gasteiger partial charge in [0.1, 0.15) is 0 Å². The molecule has 0 saturated heterocycles. The Morgan fingerprint density at radius 3 is 2.45 bits per heavy atom. The third-order valence-corrected chi connectivity index (χ3v) is 6.97. The van der Waals surface area contributed by atoms with Gasteiger partial charge >= 0.3 is 73.7 Å². The van der Waals surface area contributed by atoms with Crippen LogP contribution in [0.2, 0.25) is 13.4 Å². The number of hydrogen-bond donors (Lipinski definition) is 0. The van der Waals surface area contributed by atoms with Crippen LogP contribution >= 0.6 is 0 Å². The predicted molar refractivity (Wildman–Crippen MR) is 51.3 cm³/mol. The average molecular weight is 344 g/mol. The van der Waals surface area contributed by atoms with Crippen LogP contribution in [0.5, 0.6) is 0 Å². The maximum absolute atomic E-state index is 4.32. The van der Waals surface area contributed by atoms with Gasteiger partial charge in [0, 0.05) is 0 Å². The third kappa shape index (κ3) is 3.84. The number of nitrogens with zero attached hydrogens (tertiary/aromatic N) is 1. The van der Waals surface area contributed by atoms with E-state index in [0.717, 1.165) is 0 Å². The Balaban J connectivity index is 2.66. The first-order valence-electron chi connectivity index (χ1n) is 3.98. The SMILES string of the molecule is [CH3][Pb]([CH3])([CH3])[CH2]c1ccccn1. The van der Waals surface area contributed by atoms with Gasteiger partial charge < -0.3 is 0 Å². The molecule has 1 heterocycles. The van der Waals surface area contributed by atoms with Crippen LogP contribution in [0, 0.1) is 0 Å². The van der Waals surface area contributed by atoms with Crippen LogP contribution in [-0.2, 0) is 3.98 Å². The van der Waals surface area contributed by atoms with Gasteiger partial charge in [-0.1, -0.05) is 0 Å². The van der Waals surface area contributed by atoms with Crippen molar-refractivity contribution >= 4 is 21.2 Å². The van der Waals surface area contributed by atoms with Gasteiger partial charge in [0.2, 0.25) is 0 Å². The number of aromatic nitrogens is 1. The van der Waals surface area contributed by atoms with E-state index in [-0.39, 0.29) is 0 Å². The molecule has 0 radical (unpaired) electrons. The molecule has 0 saturated carbocycles. The molecule has 0 aliphatic rings. The summed E-state index contributed by atoms with van der Waals surface area (Å²) in [5.41, 5.74) is 1.28. The monoisotopic (exact) mass is 345 g/mol. The standard InChI is InChI=1S/C6H6N.3CH3.Pb/c1-6-4-2-3-5-7-6;;;;/h2-5H,1H2;3*1H3;. The molecule has 0 bridgehead atoms. The first-order valence-corrected chi connectivity index (χ1v) is 18.4. The van der Waals surface area contributed by atoms with Crippen molar-refractivity contribution < 1.29 is 0 Å². The molecule has 0 fully saturated rings. The number of pyridine rings is 1. The second-order valence-electron chi connectivity index (χ2n) is 4.06. The summed E-state index contributed by atoms with van der Waals surface area (Å²) in [6.45, 7) is 0. The fraction of sp³-hybridized carbons (Fsp3) is 0.444. The van der Waals surface area contributed by atoms with E-state index in [0.29, 0.717) is 0 Å². The predicted octanol–water partition coefficient (Wildman–Crippen LogP) is 2.50. The summed E-state index contributed by atoms with van der Waals surface area (Å²) in [5, 5.41) is 0. The van der Waals surface area contributed by atoms with Gasteiger partial charge in [0.05, 0.1) is 0 Å². The molecule has 0 unspecified atom stereocenters. The molecule has 0 aliphatic heterocycles. The maximum atomic E-state index is 4.32. The Hall–Kier alpha value is 0.0721. The normalized spacial score (nSPS) is 11.5. The van der Waals surface area contributed by atoms with E-state index in [4.69, 9.17) is 0 Å². The zero-order valence-electron chi connectivity index (χ0n) is 7.46. The van der Waals surface area contributed by atoms with Crippen LogP contribution in [0.4, 0.5) is 0 Å². The molecule has 11 heavy (non-hydrogen) atoms. The van der Waals surface area contributed by atoms with Crippen molar-refractivity contribution in [1.29, 1.82) is 0 Å². The Morgan fingerprint density at radius 1 is 1.27 bits per heavy atom. The molecule has 1 aromatic heterocycles. The number of hydrogen-bond acceptors (Lipinski definition) is 1. The van der Waals surface area contributed by atoms with Gasteiger partial charge in [0.25, 0.3) is 0 Å². The summed E-state index contributed by atoms with van der Waals surface area (Å²) in [4.78, 5) is 4.32. The molecule has 1 rings (SSSR count). The average Bonchev–Trinajstić information content (AvgIpc) is 1.85. The zero-order valence-corrected chi connectivity index (χ0v) is 11.4. The first kappa shape index (κ1) is 9.16. The molecule has 0 spiro atoms. The summed E-state index contributed by atoms with van der Waals surface area (Å²) in [6.07, 6.45) is 1.88. The van der Waals surface area contributed by atoms with Crippen molar-refractivity contribution in [2.45, 2.75) is 17.4 Å². The quantitative estimate of drug-likeness (QED) is 0.752. The van der Waals surface area contributed by atoms with E-state index >= 15 is 0 Å². The fourth-order valence-corrected chi connectivity index (χ4v) is 6.08. The second kappa shape index (κ2) is 3.65. The van der Waals surface area contributed by atoms with Crippen molar-refractivity contribution in [2.75, 3.05) is 0 Å². The minimum atomic E-state index is -1.74. The first-order chi connectivity index (χ1) is 5.08. The topological polar surface area (TPSA) is 12.9 Å². The summed E-state index contributed by atoms with van der Waals surface area (Å²) in [6, 6.07) is 6.18. The van der Waals surface area contributed by atoms with E-state index in [1.54, 1.807) is 0 Å². The molecule has 1 aromatic rings. The molecular formula is C9H15NPb. The van der Waals surface area contributed by atoms with Crippen LogP contribution in [0.15, 0.2) is 24.4 Å². The van der Waals surface area contributed by atoms with Crippen LogP contribution in [0.1, 0.15) is 5.69 Å². The van der Waals surface area contributed by atoms with Gasteiger partial charge in [-0.25, -0.2) is 0 Å². The molecular weight excluding hydrogens is 329 g/mol. The molecule has 0 amide bonds. The molecule has 2 heteroatoms.